The molecule has 0 aliphatic heterocycles. The number of carbonyl (C=O) groups excluding carboxylic acids is 1. The fourth-order valence-corrected chi connectivity index (χ4v) is 3.15. The minimum Gasteiger partial charge on any atom is -0.465 e. The Morgan fingerprint density at radius 3 is 2.43 bits per heavy atom. The summed E-state index contributed by atoms with van der Waals surface area (Å²) in [6, 6.07) is 6.00. The molecule has 0 aliphatic rings. The van der Waals surface area contributed by atoms with Crippen LogP contribution in [0, 0.1) is 0 Å². The average molecular weight is 314 g/mol. The molecular formula is C14H22N2O4S. The van der Waals surface area contributed by atoms with Crippen molar-refractivity contribution in [3.05, 3.63) is 29.8 Å². The van der Waals surface area contributed by atoms with E-state index in [1.165, 1.54) is 19.2 Å². The zero-order valence-electron chi connectivity index (χ0n) is 12.6. The van der Waals surface area contributed by atoms with E-state index in [4.69, 9.17) is 0 Å². The second-order valence-corrected chi connectivity index (χ2v) is 6.15. The summed E-state index contributed by atoms with van der Waals surface area (Å²) in [4.78, 5) is 13.7. The molecule has 7 heteroatoms. The van der Waals surface area contributed by atoms with Gasteiger partial charge in [0, 0.05) is 13.1 Å². The number of carbonyl (C=O) groups is 1. The topological polar surface area (TPSA) is 75.7 Å². The highest BCUT2D eigenvalue weighted by Crippen LogP contribution is 2.16. The Morgan fingerprint density at radius 2 is 1.86 bits per heavy atom. The second-order valence-electron chi connectivity index (χ2n) is 4.41. The van der Waals surface area contributed by atoms with E-state index in [0.29, 0.717) is 13.1 Å². The van der Waals surface area contributed by atoms with Crippen LogP contribution in [0.2, 0.25) is 0 Å². The van der Waals surface area contributed by atoms with E-state index >= 15 is 0 Å². The van der Waals surface area contributed by atoms with Crippen LogP contribution in [0.25, 0.3) is 0 Å². The molecular weight excluding hydrogens is 292 g/mol. The van der Waals surface area contributed by atoms with E-state index in [9.17, 15) is 13.2 Å². The average Bonchev–Trinajstić information content (AvgIpc) is 2.50. The van der Waals surface area contributed by atoms with E-state index in [-0.39, 0.29) is 10.5 Å². The van der Waals surface area contributed by atoms with Gasteiger partial charge in [0.05, 0.1) is 17.6 Å². The summed E-state index contributed by atoms with van der Waals surface area (Å²) >= 11 is 0. The molecule has 0 saturated heterocycles. The number of rotatable bonds is 8. The molecule has 0 saturated carbocycles. The first kappa shape index (κ1) is 17.6. The van der Waals surface area contributed by atoms with Gasteiger partial charge in [-0.15, -0.1) is 0 Å². The SMILES string of the molecule is CCN(CC)CCNS(=O)(=O)c1ccccc1C(=O)OC. The van der Waals surface area contributed by atoms with Crippen molar-refractivity contribution in [2.45, 2.75) is 18.7 Å². The Bertz CT molecular complexity index is 568. The van der Waals surface area contributed by atoms with Crippen molar-refractivity contribution in [3.63, 3.8) is 0 Å². The quantitative estimate of drug-likeness (QED) is 0.727. The summed E-state index contributed by atoms with van der Waals surface area (Å²) in [7, 11) is -2.51. The highest BCUT2D eigenvalue weighted by atomic mass is 32.2. The highest BCUT2D eigenvalue weighted by molar-refractivity contribution is 7.89. The van der Waals surface area contributed by atoms with E-state index in [1.54, 1.807) is 12.1 Å². The predicted molar refractivity (Wildman–Crippen MR) is 80.8 cm³/mol. The summed E-state index contributed by atoms with van der Waals surface area (Å²) in [5.41, 5.74) is 0.0374. The largest absolute Gasteiger partial charge is 0.465 e. The summed E-state index contributed by atoms with van der Waals surface area (Å²) < 4.78 is 31.7. The van der Waals surface area contributed by atoms with Gasteiger partial charge in [-0.25, -0.2) is 17.9 Å². The minimum absolute atomic E-state index is 0.0374. The molecule has 0 fully saturated rings. The van der Waals surface area contributed by atoms with Crippen molar-refractivity contribution in [3.8, 4) is 0 Å². The first-order chi connectivity index (χ1) is 9.96. The second kappa shape index (κ2) is 8.11. The number of hydrogen-bond donors (Lipinski definition) is 1. The molecule has 0 heterocycles. The molecule has 0 radical (unpaired) electrons. The molecule has 1 rings (SSSR count). The molecule has 21 heavy (non-hydrogen) atoms. The van der Waals surface area contributed by atoms with Crippen LogP contribution < -0.4 is 4.72 Å². The molecule has 0 aromatic heterocycles. The van der Waals surface area contributed by atoms with Crippen LogP contribution in [0.4, 0.5) is 0 Å². The molecule has 0 unspecified atom stereocenters. The van der Waals surface area contributed by atoms with Crippen molar-refractivity contribution in [2.24, 2.45) is 0 Å². The van der Waals surface area contributed by atoms with Crippen LogP contribution >= 0.6 is 0 Å². The Kier molecular flexibility index (Phi) is 6.80. The maximum absolute atomic E-state index is 12.3. The van der Waals surface area contributed by atoms with Crippen molar-refractivity contribution < 1.29 is 17.9 Å². The van der Waals surface area contributed by atoms with Gasteiger partial charge in [-0.05, 0) is 25.2 Å². The third-order valence-electron chi connectivity index (χ3n) is 3.20. The number of methoxy groups -OCH3 is 1. The summed E-state index contributed by atoms with van der Waals surface area (Å²) in [6.07, 6.45) is 0. The number of likely N-dealkylation sites (N-methyl/N-ethyl adjacent to an activating group) is 1. The lowest BCUT2D eigenvalue weighted by Crippen LogP contribution is -2.35. The molecule has 0 atom stereocenters. The maximum Gasteiger partial charge on any atom is 0.339 e. The Hall–Kier alpha value is -1.44. The first-order valence-electron chi connectivity index (χ1n) is 6.85. The summed E-state index contributed by atoms with van der Waals surface area (Å²) in [6.45, 7) is 6.66. The van der Waals surface area contributed by atoms with Crippen molar-refractivity contribution in [2.75, 3.05) is 33.3 Å². The molecule has 0 amide bonds. The molecule has 1 aromatic carbocycles. The normalized spacial score (nSPS) is 11.6. The van der Waals surface area contributed by atoms with Crippen molar-refractivity contribution >= 4 is 16.0 Å². The first-order valence-corrected chi connectivity index (χ1v) is 8.34. The fraction of sp³-hybridized carbons (Fsp3) is 0.500. The number of nitrogens with zero attached hydrogens (tertiary/aromatic N) is 1. The van der Waals surface area contributed by atoms with Crippen LogP contribution in [-0.2, 0) is 14.8 Å². The number of ether oxygens (including phenoxy) is 1. The molecule has 1 N–H and O–H groups in total. The van der Waals surface area contributed by atoms with Gasteiger partial charge in [0.15, 0.2) is 0 Å². The monoisotopic (exact) mass is 314 g/mol. The molecule has 6 nitrogen and oxygen atoms in total. The van der Waals surface area contributed by atoms with Gasteiger partial charge in [-0.3, -0.25) is 0 Å². The van der Waals surface area contributed by atoms with Gasteiger partial charge in [-0.2, -0.15) is 0 Å². The van der Waals surface area contributed by atoms with Gasteiger partial charge >= 0.3 is 5.97 Å². The summed E-state index contributed by atoms with van der Waals surface area (Å²) in [5.74, 6) is -0.667. The van der Waals surface area contributed by atoms with Gasteiger partial charge in [0.1, 0.15) is 0 Å². The lowest BCUT2D eigenvalue weighted by atomic mass is 10.2. The standard InChI is InChI=1S/C14H22N2O4S/c1-4-16(5-2)11-10-15-21(18,19)13-9-7-6-8-12(13)14(17)20-3/h6-9,15H,4-5,10-11H2,1-3H3. The molecule has 118 valence electrons. The number of esters is 1. The van der Waals surface area contributed by atoms with Crippen LogP contribution in [0.3, 0.4) is 0 Å². The smallest absolute Gasteiger partial charge is 0.339 e. The number of benzene rings is 1. The van der Waals surface area contributed by atoms with Gasteiger partial charge in [-0.1, -0.05) is 26.0 Å². The number of sulfonamides is 1. The molecule has 0 bridgehead atoms. The van der Waals surface area contributed by atoms with Gasteiger partial charge in [0.2, 0.25) is 10.0 Å². The zero-order valence-corrected chi connectivity index (χ0v) is 13.4. The Labute approximate surface area is 126 Å². The van der Waals surface area contributed by atoms with Crippen molar-refractivity contribution in [1.29, 1.82) is 0 Å². The van der Waals surface area contributed by atoms with Crippen LogP contribution in [0.1, 0.15) is 24.2 Å². The van der Waals surface area contributed by atoms with E-state index in [0.717, 1.165) is 13.1 Å². The third kappa shape index (κ3) is 4.80. The van der Waals surface area contributed by atoms with E-state index in [1.807, 2.05) is 13.8 Å². The Morgan fingerprint density at radius 1 is 1.24 bits per heavy atom. The summed E-state index contributed by atoms with van der Waals surface area (Å²) in [5, 5.41) is 0. The van der Waals surface area contributed by atoms with E-state index in [2.05, 4.69) is 14.4 Å². The number of hydrogen-bond acceptors (Lipinski definition) is 5. The lowest BCUT2D eigenvalue weighted by Gasteiger charge is -2.18. The van der Waals surface area contributed by atoms with E-state index < -0.39 is 16.0 Å². The maximum atomic E-state index is 12.3. The molecule has 0 aliphatic carbocycles. The third-order valence-corrected chi connectivity index (χ3v) is 4.72. The van der Waals surface area contributed by atoms with Crippen LogP contribution in [0.15, 0.2) is 29.2 Å². The fourth-order valence-electron chi connectivity index (χ4n) is 1.94. The highest BCUT2D eigenvalue weighted by Gasteiger charge is 2.22. The zero-order chi connectivity index (χ0) is 15.9. The van der Waals surface area contributed by atoms with Crippen LogP contribution in [-0.4, -0.2) is 52.6 Å². The van der Waals surface area contributed by atoms with Gasteiger partial charge < -0.3 is 9.64 Å². The minimum atomic E-state index is -3.74. The number of nitrogens with one attached hydrogen (secondary N) is 1. The lowest BCUT2D eigenvalue weighted by molar-refractivity contribution is 0.0596. The predicted octanol–water partition coefficient (Wildman–Crippen LogP) is 1.09. The molecule has 1 aromatic rings. The van der Waals surface area contributed by atoms with Gasteiger partial charge in [0.25, 0.3) is 0 Å². The van der Waals surface area contributed by atoms with Crippen LogP contribution in [0.5, 0.6) is 0 Å². The Balaban J connectivity index is 2.86. The van der Waals surface area contributed by atoms with Crippen molar-refractivity contribution in [1.82, 2.24) is 9.62 Å². The molecule has 0 spiro atoms.